The van der Waals surface area contributed by atoms with Crippen LogP contribution in [0, 0.1) is 0 Å². The predicted molar refractivity (Wildman–Crippen MR) is 126 cm³/mol. The number of aliphatic hydroxyl groups is 3. The van der Waals surface area contributed by atoms with Gasteiger partial charge in [-0.05, 0) is 72.1 Å². The lowest BCUT2D eigenvalue weighted by atomic mass is 10.9. The average molecular weight is 491 g/mol. The average Bonchev–Trinajstić information content (AvgIpc) is 2.53. The number of rotatable bonds is 15. The third kappa shape index (κ3) is 15.9. The molecule has 0 atom stereocenters. The van der Waals surface area contributed by atoms with Crippen molar-refractivity contribution in [2.45, 2.75) is 72.1 Å². The van der Waals surface area contributed by atoms with Crippen LogP contribution in [0.5, 0.6) is 0 Å². The molecule has 0 aromatic carbocycles. The second kappa shape index (κ2) is 15.4. The van der Waals surface area contributed by atoms with Crippen molar-refractivity contribution in [2.24, 2.45) is 0 Å². The van der Waals surface area contributed by atoms with Gasteiger partial charge in [0.2, 0.25) is 0 Å². The molecule has 0 fully saturated rings. The van der Waals surface area contributed by atoms with Gasteiger partial charge in [-0.2, -0.15) is 0 Å². The highest BCUT2D eigenvalue weighted by atomic mass is 28.5. The van der Waals surface area contributed by atoms with Crippen LogP contribution in [0.2, 0.25) is 51.4 Å². The van der Waals surface area contributed by atoms with Gasteiger partial charge in [0.15, 0.2) is 16.6 Å². The summed E-state index contributed by atoms with van der Waals surface area (Å²) in [4.78, 5) is 0. The van der Waals surface area contributed by atoms with Crippen LogP contribution < -0.4 is 0 Å². The Morgan fingerprint density at radius 3 is 1.10 bits per heavy atom. The summed E-state index contributed by atoms with van der Waals surface area (Å²) < 4.78 is 28.3. The van der Waals surface area contributed by atoms with E-state index >= 15 is 0 Å². The van der Waals surface area contributed by atoms with E-state index < -0.39 is 34.0 Å². The molecule has 0 saturated heterocycles. The molecule has 0 amide bonds. The van der Waals surface area contributed by atoms with Crippen molar-refractivity contribution in [1.29, 1.82) is 0 Å². The van der Waals surface area contributed by atoms with Gasteiger partial charge >= 0.3 is 17.4 Å². The van der Waals surface area contributed by atoms with Gasteiger partial charge < -0.3 is 36.8 Å². The van der Waals surface area contributed by atoms with E-state index in [1.54, 1.807) is 0 Å². The van der Waals surface area contributed by atoms with Gasteiger partial charge in [0, 0.05) is 33.0 Å². The summed E-state index contributed by atoms with van der Waals surface area (Å²) in [5.41, 5.74) is 0. The highest BCUT2D eigenvalue weighted by molar-refractivity contribution is 6.87. The van der Waals surface area contributed by atoms with Crippen LogP contribution in [0.4, 0.5) is 0 Å². The molecule has 0 radical (unpaired) electrons. The van der Waals surface area contributed by atoms with E-state index in [2.05, 4.69) is 39.3 Å². The van der Waals surface area contributed by atoms with Crippen molar-refractivity contribution < 1.29 is 36.8 Å². The van der Waals surface area contributed by atoms with Crippen LogP contribution in [0.15, 0.2) is 0 Å². The highest BCUT2D eigenvalue weighted by Gasteiger charge is 2.40. The zero-order valence-electron chi connectivity index (χ0n) is 20.0. The topological polar surface area (TPSA) is 107 Å². The molecule has 178 valence electrons. The Kier molecular flexibility index (Phi) is 16.8. The first kappa shape index (κ1) is 31.7. The molecule has 3 N–H and O–H groups in total. The fourth-order valence-corrected chi connectivity index (χ4v) is 17.8. The molecule has 0 saturated carbocycles. The van der Waals surface area contributed by atoms with Crippen molar-refractivity contribution in [2.75, 3.05) is 39.3 Å². The third-order valence-electron chi connectivity index (χ3n) is 3.76. The summed E-state index contributed by atoms with van der Waals surface area (Å²) in [7, 11) is -8.49. The zero-order chi connectivity index (χ0) is 23.2. The standard InChI is InChI=1S/C10H28O4Si3.C7H18O4Si/c1-15(2,9-7-11)13-17(5,6)14-16(3,4)10-8-12;1-4-9-12(7-8,10-5-2)11-6-3/h11-12H,7-10H2,1-6H3;8H,4-7H2,1-3H3. The van der Waals surface area contributed by atoms with Crippen molar-refractivity contribution in [1.82, 2.24) is 0 Å². The Labute approximate surface area is 182 Å². The molecule has 0 rings (SSSR count). The summed E-state index contributed by atoms with van der Waals surface area (Å²) in [5.74, 6) is 0. The van der Waals surface area contributed by atoms with Crippen LogP contribution in [-0.2, 0) is 21.5 Å². The van der Waals surface area contributed by atoms with E-state index in [4.69, 9.17) is 36.8 Å². The first-order valence-corrected chi connectivity index (χ1v) is 21.4. The van der Waals surface area contributed by atoms with Gasteiger partial charge in [0.25, 0.3) is 0 Å². The summed E-state index contributed by atoms with van der Waals surface area (Å²) in [5, 5.41) is 27.1. The Balaban J connectivity index is 0. The molecule has 12 heteroatoms. The molecule has 0 bridgehead atoms. The largest absolute Gasteiger partial charge is 0.527 e. The fraction of sp³-hybridized carbons (Fsp3) is 1.00. The maximum atomic E-state index is 9.06. The summed E-state index contributed by atoms with van der Waals surface area (Å²) >= 11 is 0. The van der Waals surface area contributed by atoms with Gasteiger partial charge in [-0.1, -0.05) is 0 Å². The third-order valence-corrected chi connectivity index (χ3v) is 17.5. The molecule has 0 aliphatic carbocycles. The number of hydrogen-bond donors (Lipinski definition) is 3. The SMILES string of the molecule is CCO[Si](CO)(OCC)OCC.C[Si](C)(CCO)O[Si](C)(C)O[Si](C)(C)CCO. The van der Waals surface area contributed by atoms with E-state index in [0.29, 0.717) is 19.8 Å². The molecular weight excluding hydrogens is 445 g/mol. The first-order chi connectivity index (χ1) is 13.3. The Hall–Kier alpha value is 0.548. The molecule has 8 nitrogen and oxygen atoms in total. The summed E-state index contributed by atoms with van der Waals surface area (Å²) in [6.07, 6.45) is -0.150. The van der Waals surface area contributed by atoms with Crippen LogP contribution in [0.25, 0.3) is 0 Å². The smallest absolute Gasteiger partial charge is 0.436 e. The maximum absolute atomic E-state index is 9.06. The molecule has 0 aromatic rings. The van der Waals surface area contributed by atoms with Gasteiger partial charge in [-0.25, -0.2) is 0 Å². The van der Waals surface area contributed by atoms with E-state index in [-0.39, 0.29) is 19.4 Å². The quantitative estimate of drug-likeness (QED) is 0.301. The molecule has 0 spiro atoms. The Morgan fingerprint density at radius 1 is 0.586 bits per heavy atom. The first-order valence-electron chi connectivity index (χ1n) is 10.4. The lowest BCUT2D eigenvalue weighted by Gasteiger charge is -2.38. The lowest BCUT2D eigenvalue weighted by Crippen LogP contribution is -2.52. The number of hydrogen-bond acceptors (Lipinski definition) is 8. The maximum Gasteiger partial charge on any atom is 0.527 e. The predicted octanol–water partition coefficient (Wildman–Crippen LogP) is 2.68. The highest BCUT2D eigenvalue weighted by Crippen LogP contribution is 2.24. The number of aliphatic hydroxyl groups excluding tert-OH is 3. The molecule has 0 aliphatic rings. The van der Waals surface area contributed by atoms with Crippen LogP contribution >= 0.6 is 0 Å². The van der Waals surface area contributed by atoms with E-state index in [1.807, 2.05) is 20.8 Å². The lowest BCUT2D eigenvalue weighted by molar-refractivity contribution is 0.0504. The second-order valence-corrected chi connectivity index (χ2v) is 23.2. The zero-order valence-corrected chi connectivity index (χ0v) is 24.0. The molecular formula is C17H46O8Si4. The minimum absolute atomic E-state index is 0.150. The Morgan fingerprint density at radius 2 is 0.897 bits per heavy atom. The minimum atomic E-state index is -2.71. The monoisotopic (exact) mass is 490 g/mol. The van der Waals surface area contributed by atoms with Gasteiger partial charge in [-0.15, -0.1) is 0 Å². The van der Waals surface area contributed by atoms with Crippen LogP contribution in [-0.4, -0.2) is 88.6 Å². The van der Waals surface area contributed by atoms with Crippen LogP contribution in [0.1, 0.15) is 20.8 Å². The second-order valence-electron chi connectivity index (χ2n) is 8.21. The van der Waals surface area contributed by atoms with E-state index in [1.165, 1.54) is 0 Å². The van der Waals surface area contributed by atoms with Gasteiger partial charge in [0.05, 0.1) is 0 Å². The summed E-state index contributed by atoms with van der Waals surface area (Å²) in [6.45, 7) is 20.0. The fourth-order valence-electron chi connectivity index (χ4n) is 2.91. The van der Waals surface area contributed by atoms with Gasteiger partial charge in [-0.3, -0.25) is 0 Å². The molecule has 29 heavy (non-hydrogen) atoms. The molecule has 0 aromatic heterocycles. The van der Waals surface area contributed by atoms with Crippen molar-refractivity contribution in [3.05, 3.63) is 0 Å². The molecule has 0 unspecified atom stereocenters. The Bertz CT molecular complexity index is 372. The van der Waals surface area contributed by atoms with E-state index in [9.17, 15) is 0 Å². The van der Waals surface area contributed by atoms with Crippen molar-refractivity contribution >= 4 is 34.0 Å². The minimum Gasteiger partial charge on any atom is -0.436 e. The summed E-state index contributed by atoms with van der Waals surface area (Å²) in [6, 6.07) is 1.49. The molecule has 0 heterocycles. The van der Waals surface area contributed by atoms with Gasteiger partial charge in [0.1, 0.15) is 6.23 Å². The molecule has 0 aliphatic heterocycles. The van der Waals surface area contributed by atoms with Crippen LogP contribution in [0.3, 0.4) is 0 Å². The normalized spacial score (nSPS) is 13.2. The van der Waals surface area contributed by atoms with Crippen molar-refractivity contribution in [3.8, 4) is 0 Å². The van der Waals surface area contributed by atoms with Crippen molar-refractivity contribution in [3.63, 3.8) is 0 Å². The van der Waals surface area contributed by atoms with E-state index in [0.717, 1.165) is 12.1 Å².